The standard InChI is InChI=1S/C18H26NO5P/c19-10-14(20)12-25(22,11-13-6-2-1-3-7-13)24-18-16-9-5-4-8-15(16)17(21)23-18/h4-5,8-9,13-14,18,20H,1-3,6-7,10-12,19H2/t14-,18?,25?/m0/s1. The molecule has 0 spiro atoms. The van der Waals surface area contributed by atoms with E-state index >= 15 is 0 Å². The molecule has 6 nitrogen and oxygen atoms in total. The summed E-state index contributed by atoms with van der Waals surface area (Å²) in [5.41, 5.74) is 6.54. The normalized spacial score (nSPS) is 24.4. The lowest BCUT2D eigenvalue weighted by Crippen LogP contribution is -2.26. The SMILES string of the molecule is NC[C@H](O)CP(=O)(CC1CCCCC1)OC1OC(=O)c2ccccc21. The third-order valence-electron chi connectivity index (χ3n) is 4.96. The van der Waals surface area contributed by atoms with Crippen LogP contribution in [0.4, 0.5) is 0 Å². The maximum atomic E-state index is 13.5. The van der Waals surface area contributed by atoms with Gasteiger partial charge in [-0.1, -0.05) is 37.5 Å². The van der Waals surface area contributed by atoms with Crippen molar-refractivity contribution in [2.24, 2.45) is 11.7 Å². The van der Waals surface area contributed by atoms with Crippen molar-refractivity contribution < 1.29 is 23.7 Å². The summed E-state index contributed by atoms with van der Waals surface area (Å²) in [6, 6.07) is 6.96. The molecule has 3 atom stereocenters. The highest BCUT2D eigenvalue weighted by Crippen LogP contribution is 2.55. The molecule has 1 fully saturated rings. The molecule has 1 aromatic carbocycles. The molecule has 3 rings (SSSR count). The molecule has 0 amide bonds. The Morgan fingerprint density at radius 2 is 2.00 bits per heavy atom. The summed E-state index contributed by atoms with van der Waals surface area (Å²) >= 11 is 0. The van der Waals surface area contributed by atoms with Crippen LogP contribution in [0.5, 0.6) is 0 Å². The van der Waals surface area contributed by atoms with Crippen LogP contribution < -0.4 is 5.73 Å². The molecule has 2 unspecified atom stereocenters. The molecule has 1 aromatic rings. The molecule has 3 N–H and O–H groups in total. The second-order valence-electron chi connectivity index (χ2n) is 7.00. The van der Waals surface area contributed by atoms with Crippen LogP contribution in [0.3, 0.4) is 0 Å². The molecule has 7 heteroatoms. The minimum atomic E-state index is -3.20. The van der Waals surface area contributed by atoms with Crippen molar-refractivity contribution in [2.45, 2.75) is 44.5 Å². The quantitative estimate of drug-likeness (QED) is 0.568. The van der Waals surface area contributed by atoms with Gasteiger partial charge in [0, 0.05) is 18.3 Å². The van der Waals surface area contributed by atoms with Crippen LogP contribution in [0.15, 0.2) is 24.3 Å². The lowest BCUT2D eigenvalue weighted by Gasteiger charge is -2.29. The van der Waals surface area contributed by atoms with Gasteiger partial charge in [0.1, 0.15) is 0 Å². The van der Waals surface area contributed by atoms with Gasteiger partial charge < -0.3 is 15.6 Å². The van der Waals surface area contributed by atoms with Crippen LogP contribution in [0.2, 0.25) is 0 Å². The number of hydrogen-bond donors (Lipinski definition) is 2. The first kappa shape index (κ1) is 18.6. The second-order valence-corrected chi connectivity index (χ2v) is 9.57. The number of esters is 1. The molecule has 1 heterocycles. The van der Waals surface area contributed by atoms with Gasteiger partial charge in [0.05, 0.1) is 17.8 Å². The van der Waals surface area contributed by atoms with Crippen LogP contribution >= 0.6 is 7.37 Å². The predicted octanol–water partition coefficient (Wildman–Crippen LogP) is 3.05. The van der Waals surface area contributed by atoms with Crippen LogP contribution in [0.25, 0.3) is 0 Å². The van der Waals surface area contributed by atoms with Gasteiger partial charge in [0.15, 0.2) is 0 Å². The van der Waals surface area contributed by atoms with Gasteiger partial charge in [0.2, 0.25) is 13.7 Å². The van der Waals surface area contributed by atoms with Gasteiger partial charge in [-0.05, 0) is 24.8 Å². The highest BCUT2D eigenvalue weighted by molar-refractivity contribution is 7.59. The van der Waals surface area contributed by atoms with Crippen molar-refractivity contribution in [2.75, 3.05) is 18.9 Å². The van der Waals surface area contributed by atoms with E-state index in [2.05, 4.69) is 0 Å². The largest absolute Gasteiger partial charge is 0.427 e. The van der Waals surface area contributed by atoms with E-state index in [0.29, 0.717) is 23.2 Å². The molecule has 25 heavy (non-hydrogen) atoms. The predicted molar refractivity (Wildman–Crippen MR) is 94.7 cm³/mol. The highest BCUT2D eigenvalue weighted by atomic mass is 31.2. The summed E-state index contributed by atoms with van der Waals surface area (Å²) in [5, 5.41) is 9.96. The van der Waals surface area contributed by atoms with Crippen LogP contribution in [0.1, 0.15) is 54.3 Å². The number of aliphatic hydroxyl groups excluding tert-OH is 1. The molecule has 0 radical (unpaired) electrons. The number of nitrogens with two attached hydrogens (primary N) is 1. The van der Waals surface area contributed by atoms with E-state index in [-0.39, 0.29) is 12.7 Å². The summed E-state index contributed by atoms with van der Waals surface area (Å²) in [6.45, 7) is 0.0268. The number of cyclic esters (lactones) is 1. The van der Waals surface area contributed by atoms with Gasteiger partial charge in [-0.3, -0.25) is 9.09 Å². The first-order valence-corrected chi connectivity index (χ1v) is 10.9. The fraction of sp³-hybridized carbons (Fsp3) is 0.611. The first-order chi connectivity index (χ1) is 12.0. The third kappa shape index (κ3) is 4.50. The number of rotatable bonds is 7. The molecule has 1 aliphatic carbocycles. The number of carbonyl (C=O) groups excluding carboxylic acids is 1. The lowest BCUT2D eigenvalue weighted by atomic mass is 9.91. The molecule has 2 aliphatic rings. The van der Waals surface area contributed by atoms with Crippen LogP contribution in [0, 0.1) is 5.92 Å². The molecular weight excluding hydrogens is 341 g/mol. The number of hydrogen-bond acceptors (Lipinski definition) is 6. The molecule has 0 aromatic heterocycles. The number of benzene rings is 1. The maximum Gasteiger partial charge on any atom is 0.341 e. The van der Waals surface area contributed by atoms with Crippen molar-refractivity contribution in [1.29, 1.82) is 0 Å². The zero-order valence-corrected chi connectivity index (χ0v) is 15.2. The lowest BCUT2D eigenvalue weighted by molar-refractivity contribution is -0.0375. The Bertz CT molecular complexity index is 659. The van der Waals surface area contributed by atoms with Crippen LogP contribution in [-0.2, 0) is 13.8 Å². The Kier molecular flexibility index (Phi) is 5.95. The van der Waals surface area contributed by atoms with E-state index in [1.54, 1.807) is 24.3 Å². The van der Waals surface area contributed by atoms with Crippen molar-refractivity contribution in [3.8, 4) is 0 Å². The number of carbonyl (C=O) groups is 1. The molecular formula is C18H26NO5P. The van der Waals surface area contributed by atoms with Crippen LogP contribution in [-0.4, -0.2) is 36.0 Å². The summed E-state index contributed by atoms with van der Waals surface area (Å²) in [7, 11) is -3.20. The zero-order valence-electron chi connectivity index (χ0n) is 14.3. The third-order valence-corrected chi connectivity index (χ3v) is 7.58. The van der Waals surface area contributed by atoms with E-state index in [1.807, 2.05) is 0 Å². The first-order valence-electron chi connectivity index (χ1n) is 8.95. The summed E-state index contributed by atoms with van der Waals surface area (Å²) < 4.78 is 24.6. The average Bonchev–Trinajstić information content (AvgIpc) is 2.91. The van der Waals surface area contributed by atoms with E-state index in [1.165, 1.54) is 6.42 Å². The highest BCUT2D eigenvalue weighted by Gasteiger charge is 2.39. The summed E-state index contributed by atoms with van der Waals surface area (Å²) in [5.74, 6) is -0.152. The Morgan fingerprint density at radius 3 is 2.72 bits per heavy atom. The van der Waals surface area contributed by atoms with Crippen molar-refractivity contribution in [3.05, 3.63) is 35.4 Å². The van der Waals surface area contributed by atoms with Gasteiger partial charge >= 0.3 is 5.97 Å². The Balaban J connectivity index is 1.77. The number of aliphatic hydroxyl groups is 1. The Hall–Kier alpha value is -1.20. The Morgan fingerprint density at radius 1 is 1.28 bits per heavy atom. The summed E-state index contributed by atoms with van der Waals surface area (Å²) in [6.07, 6.45) is 4.05. The molecule has 1 aliphatic heterocycles. The molecule has 0 saturated heterocycles. The van der Waals surface area contributed by atoms with E-state index in [4.69, 9.17) is 15.0 Å². The average molecular weight is 367 g/mol. The van der Waals surface area contributed by atoms with Crippen molar-refractivity contribution in [3.63, 3.8) is 0 Å². The van der Waals surface area contributed by atoms with Gasteiger partial charge in [-0.25, -0.2) is 4.79 Å². The monoisotopic (exact) mass is 367 g/mol. The maximum absolute atomic E-state index is 13.5. The van der Waals surface area contributed by atoms with Crippen molar-refractivity contribution >= 4 is 13.3 Å². The van der Waals surface area contributed by atoms with Gasteiger partial charge in [-0.2, -0.15) is 0 Å². The van der Waals surface area contributed by atoms with Crippen molar-refractivity contribution in [1.82, 2.24) is 0 Å². The second kappa shape index (κ2) is 8.00. The number of ether oxygens (including phenoxy) is 1. The fourth-order valence-electron chi connectivity index (χ4n) is 3.68. The smallest absolute Gasteiger partial charge is 0.341 e. The molecule has 0 bridgehead atoms. The summed E-state index contributed by atoms with van der Waals surface area (Å²) in [4.78, 5) is 12.0. The zero-order chi connectivity index (χ0) is 17.9. The van der Waals surface area contributed by atoms with E-state index < -0.39 is 25.7 Å². The molecule has 1 saturated carbocycles. The minimum absolute atomic E-state index is 0.00375. The van der Waals surface area contributed by atoms with Gasteiger partial charge in [0.25, 0.3) is 0 Å². The molecule has 138 valence electrons. The van der Waals surface area contributed by atoms with E-state index in [9.17, 15) is 14.5 Å². The topological polar surface area (TPSA) is 98.8 Å². The number of fused-ring (bicyclic) bond motifs is 1. The van der Waals surface area contributed by atoms with Gasteiger partial charge in [-0.15, -0.1) is 0 Å². The Labute approximate surface area is 148 Å². The minimum Gasteiger partial charge on any atom is -0.427 e. The fourth-order valence-corrected chi connectivity index (χ4v) is 6.45. The van der Waals surface area contributed by atoms with E-state index in [0.717, 1.165) is 25.7 Å².